The number of aromatic nitrogens is 2. The van der Waals surface area contributed by atoms with Gasteiger partial charge >= 0.3 is 0 Å². The van der Waals surface area contributed by atoms with Gasteiger partial charge in [0.15, 0.2) is 0 Å². The Balaban J connectivity index is 1.51. The minimum atomic E-state index is 0.666. The van der Waals surface area contributed by atoms with Crippen LogP contribution in [0, 0.1) is 0 Å². The fourth-order valence-corrected chi connectivity index (χ4v) is 3.78. The first-order chi connectivity index (χ1) is 10.3. The van der Waals surface area contributed by atoms with Crippen LogP contribution < -0.4 is 5.32 Å². The Morgan fingerprint density at radius 3 is 2.90 bits per heavy atom. The molecule has 0 spiro atoms. The molecule has 4 nitrogen and oxygen atoms in total. The van der Waals surface area contributed by atoms with E-state index in [2.05, 4.69) is 34.1 Å². The van der Waals surface area contributed by atoms with Gasteiger partial charge in [-0.25, -0.2) is 0 Å². The lowest BCUT2D eigenvalue weighted by Gasteiger charge is -2.32. The van der Waals surface area contributed by atoms with Crippen LogP contribution in [0.15, 0.2) is 12.3 Å². The molecule has 118 valence electrons. The molecule has 1 unspecified atom stereocenters. The van der Waals surface area contributed by atoms with E-state index >= 15 is 0 Å². The van der Waals surface area contributed by atoms with Crippen LogP contribution in [0.3, 0.4) is 0 Å². The van der Waals surface area contributed by atoms with Gasteiger partial charge in [-0.3, -0.25) is 9.58 Å². The standard InChI is InChI=1S/C17H30N4/c1-2-10-18-15-6-5-11-20(13-15)14-16-9-12-21(19-16)17-7-3-4-8-17/h9,12,15,17-18H,2-8,10-11,13-14H2,1H3. The van der Waals surface area contributed by atoms with Crippen molar-refractivity contribution in [2.45, 2.75) is 70.5 Å². The summed E-state index contributed by atoms with van der Waals surface area (Å²) in [5.74, 6) is 0. The minimum absolute atomic E-state index is 0.666. The molecule has 21 heavy (non-hydrogen) atoms. The molecule has 1 saturated heterocycles. The number of likely N-dealkylation sites (tertiary alicyclic amines) is 1. The van der Waals surface area contributed by atoms with E-state index in [9.17, 15) is 0 Å². The third kappa shape index (κ3) is 4.07. The Morgan fingerprint density at radius 1 is 1.24 bits per heavy atom. The van der Waals surface area contributed by atoms with Gasteiger partial charge in [0, 0.05) is 25.3 Å². The van der Waals surface area contributed by atoms with E-state index in [0.29, 0.717) is 12.1 Å². The SMILES string of the molecule is CCCNC1CCCN(Cc2ccn(C3CCCC3)n2)C1. The van der Waals surface area contributed by atoms with E-state index in [1.54, 1.807) is 0 Å². The Kier molecular flexibility index (Phi) is 5.31. The summed E-state index contributed by atoms with van der Waals surface area (Å²) in [5.41, 5.74) is 1.25. The second-order valence-corrected chi connectivity index (χ2v) is 6.75. The van der Waals surface area contributed by atoms with Gasteiger partial charge in [0.2, 0.25) is 0 Å². The van der Waals surface area contributed by atoms with Gasteiger partial charge in [-0.15, -0.1) is 0 Å². The van der Waals surface area contributed by atoms with Crippen LogP contribution in [0.1, 0.15) is 63.6 Å². The first kappa shape index (κ1) is 15.0. The molecule has 1 aromatic rings. The quantitative estimate of drug-likeness (QED) is 0.874. The zero-order chi connectivity index (χ0) is 14.5. The van der Waals surface area contributed by atoms with Crippen molar-refractivity contribution in [3.05, 3.63) is 18.0 Å². The van der Waals surface area contributed by atoms with Crippen LogP contribution in [-0.4, -0.2) is 40.4 Å². The molecule has 0 amide bonds. The number of nitrogens with one attached hydrogen (secondary N) is 1. The number of hydrogen-bond acceptors (Lipinski definition) is 3. The van der Waals surface area contributed by atoms with Crippen molar-refractivity contribution >= 4 is 0 Å². The maximum atomic E-state index is 4.83. The lowest BCUT2D eigenvalue weighted by molar-refractivity contribution is 0.181. The summed E-state index contributed by atoms with van der Waals surface area (Å²) in [4.78, 5) is 2.57. The van der Waals surface area contributed by atoms with Gasteiger partial charge in [0.25, 0.3) is 0 Å². The first-order valence-electron chi connectivity index (χ1n) is 8.85. The molecule has 0 radical (unpaired) electrons. The Bertz CT molecular complexity index is 422. The zero-order valence-electron chi connectivity index (χ0n) is 13.4. The third-order valence-corrected chi connectivity index (χ3v) is 4.94. The van der Waals surface area contributed by atoms with Crippen molar-refractivity contribution in [2.24, 2.45) is 0 Å². The zero-order valence-corrected chi connectivity index (χ0v) is 13.4. The first-order valence-corrected chi connectivity index (χ1v) is 8.85. The average Bonchev–Trinajstić information content (AvgIpc) is 3.16. The number of piperidine rings is 1. The Morgan fingerprint density at radius 2 is 2.10 bits per heavy atom. The van der Waals surface area contributed by atoms with Crippen LogP contribution in [0.5, 0.6) is 0 Å². The summed E-state index contributed by atoms with van der Waals surface area (Å²) >= 11 is 0. The predicted octanol–water partition coefficient (Wildman–Crippen LogP) is 2.96. The predicted molar refractivity (Wildman–Crippen MR) is 86.3 cm³/mol. The second-order valence-electron chi connectivity index (χ2n) is 6.75. The molecule has 2 aliphatic rings. The van der Waals surface area contributed by atoms with Crippen molar-refractivity contribution in [1.82, 2.24) is 20.0 Å². The highest BCUT2D eigenvalue weighted by molar-refractivity contribution is 5.01. The summed E-state index contributed by atoms with van der Waals surface area (Å²) in [5, 5.41) is 8.50. The number of hydrogen-bond donors (Lipinski definition) is 1. The normalized spacial score (nSPS) is 24.7. The molecule has 1 saturated carbocycles. The highest BCUT2D eigenvalue weighted by Gasteiger charge is 2.21. The van der Waals surface area contributed by atoms with Crippen LogP contribution >= 0.6 is 0 Å². The molecular formula is C17H30N4. The number of nitrogens with zero attached hydrogens (tertiary/aromatic N) is 3. The summed E-state index contributed by atoms with van der Waals surface area (Å²) in [7, 11) is 0. The second kappa shape index (κ2) is 7.41. The van der Waals surface area contributed by atoms with Crippen LogP contribution in [0.2, 0.25) is 0 Å². The molecular weight excluding hydrogens is 260 g/mol. The highest BCUT2D eigenvalue weighted by Crippen LogP contribution is 2.28. The van der Waals surface area contributed by atoms with E-state index in [0.717, 1.165) is 13.1 Å². The third-order valence-electron chi connectivity index (χ3n) is 4.94. The van der Waals surface area contributed by atoms with Crippen molar-refractivity contribution in [2.75, 3.05) is 19.6 Å². The summed E-state index contributed by atoms with van der Waals surface area (Å²) in [6.45, 7) is 6.80. The largest absolute Gasteiger partial charge is 0.313 e. The van der Waals surface area contributed by atoms with Gasteiger partial charge in [-0.05, 0) is 51.3 Å². The highest BCUT2D eigenvalue weighted by atomic mass is 15.3. The van der Waals surface area contributed by atoms with E-state index in [1.165, 1.54) is 63.7 Å². The molecule has 3 rings (SSSR count). The molecule has 1 aromatic heterocycles. The fraction of sp³-hybridized carbons (Fsp3) is 0.824. The van der Waals surface area contributed by atoms with Crippen molar-refractivity contribution in [3.8, 4) is 0 Å². The molecule has 1 N–H and O–H groups in total. The molecule has 1 aliphatic heterocycles. The number of rotatable bonds is 6. The molecule has 0 aromatic carbocycles. The maximum Gasteiger partial charge on any atom is 0.0764 e. The van der Waals surface area contributed by atoms with E-state index in [-0.39, 0.29) is 0 Å². The molecule has 4 heteroatoms. The summed E-state index contributed by atoms with van der Waals surface area (Å²) in [6.07, 6.45) is 11.4. The Hall–Kier alpha value is -0.870. The monoisotopic (exact) mass is 290 g/mol. The van der Waals surface area contributed by atoms with Crippen LogP contribution in [0.25, 0.3) is 0 Å². The molecule has 2 fully saturated rings. The molecule has 1 aliphatic carbocycles. The molecule has 0 bridgehead atoms. The van der Waals surface area contributed by atoms with Gasteiger partial charge in [0.1, 0.15) is 0 Å². The van der Waals surface area contributed by atoms with Gasteiger partial charge in [-0.2, -0.15) is 5.10 Å². The van der Waals surface area contributed by atoms with E-state index in [4.69, 9.17) is 5.10 Å². The summed E-state index contributed by atoms with van der Waals surface area (Å²) < 4.78 is 2.22. The topological polar surface area (TPSA) is 33.1 Å². The van der Waals surface area contributed by atoms with Gasteiger partial charge in [0.05, 0.1) is 11.7 Å². The Labute approximate surface area is 128 Å². The fourth-order valence-electron chi connectivity index (χ4n) is 3.78. The maximum absolute atomic E-state index is 4.83. The van der Waals surface area contributed by atoms with Crippen LogP contribution in [0.4, 0.5) is 0 Å². The van der Waals surface area contributed by atoms with Gasteiger partial charge in [-0.1, -0.05) is 19.8 Å². The van der Waals surface area contributed by atoms with Gasteiger partial charge < -0.3 is 5.32 Å². The van der Waals surface area contributed by atoms with Crippen molar-refractivity contribution in [3.63, 3.8) is 0 Å². The molecule has 1 atom stereocenters. The van der Waals surface area contributed by atoms with Crippen molar-refractivity contribution in [1.29, 1.82) is 0 Å². The summed E-state index contributed by atoms with van der Waals surface area (Å²) in [6, 6.07) is 3.57. The lowest BCUT2D eigenvalue weighted by atomic mass is 10.1. The minimum Gasteiger partial charge on any atom is -0.313 e. The lowest BCUT2D eigenvalue weighted by Crippen LogP contribution is -2.45. The van der Waals surface area contributed by atoms with E-state index in [1.807, 2.05) is 0 Å². The van der Waals surface area contributed by atoms with E-state index < -0.39 is 0 Å². The van der Waals surface area contributed by atoms with Crippen LogP contribution in [-0.2, 0) is 6.54 Å². The average molecular weight is 290 g/mol. The molecule has 2 heterocycles. The smallest absolute Gasteiger partial charge is 0.0764 e. The van der Waals surface area contributed by atoms with Crippen molar-refractivity contribution < 1.29 is 0 Å².